The lowest BCUT2D eigenvalue weighted by atomic mass is 10.1. The van der Waals surface area contributed by atoms with E-state index in [1.807, 2.05) is 0 Å². The summed E-state index contributed by atoms with van der Waals surface area (Å²) in [6.07, 6.45) is 2.35. The lowest BCUT2D eigenvalue weighted by molar-refractivity contribution is -0.394. The third kappa shape index (κ3) is 6.75. The normalized spacial score (nSPS) is 12.2. The van der Waals surface area contributed by atoms with Gasteiger partial charge in [0, 0.05) is 16.5 Å². The lowest BCUT2D eigenvalue weighted by Gasteiger charge is -2.12. The van der Waals surface area contributed by atoms with Crippen LogP contribution < -0.4 is 20.2 Å². The Morgan fingerprint density at radius 3 is 2.42 bits per heavy atom. The van der Waals surface area contributed by atoms with Gasteiger partial charge in [-0.25, -0.2) is 10.2 Å². The first-order valence-corrected chi connectivity index (χ1v) is 13.6. The molecule has 0 atom stereocenters. The van der Waals surface area contributed by atoms with Crippen molar-refractivity contribution in [1.29, 1.82) is 0 Å². The molecule has 0 aliphatic heterocycles. The number of nitro groups is 2. The number of hydrazone groups is 1. The molecule has 4 rings (SSSR count). The molecule has 16 heteroatoms. The Kier molecular flexibility index (Phi) is 9.29. The number of thiophene rings is 1. The number of benzene rings is 2. The van der Waals surface area contributed by atoms with Crippen molar-refractivity contribution >= 4 is 51.2 Å². The Balaban J connectivity index is 1.47. The molecule has 1 heterocycles. The number of amides is 2. The first kappa shape index (κ1) is 30.6. The van der Waals surface area contributed by atoms with E-state index < -0.39 is 39.0 Å². The number of rotatable bonds is 10. The summed E-state index contributed by atoms with van der Waals surface area (Å²) in [6, 6.07) is 7.40. The zero-order valence-corrected chi connectivity index (χ0v) is 23.9. The zero-order chi connectivity index (χ0) is 31.3. The number of nitrogens with zero attached hydrogens (tertiary/aromatic N) is 3. The third-order valence-electron chi connectivity index (χ3n) is 6.31. The van der Waals surface area contributed by atoms with Gasteiger partial charge >= 0.3 is 23.5 Å². The molecule has 224 valence electrons. The van der Waals surface area contributed by atoms with Crippen molar-refractivity contribution < 1.29 is 38.4 Å². The summed E-state index contributed by atoms with van der Waals surface area (Å²) < 4.78 is 16.1. The zero-order valence-electron chi connectivity index (χ0n) is 23.1. The Bertz CT molecular complexity index is 1670. The van der Waals surface area contributed by atoms with Gasteiger partial charge in [-0.15, -0.1) is 11.3 Å². The lowest BCUT2D eigenvalue weighted by Crippen LogP contribution is -2.33. The fourth-order valence-corrected chi connectivity index (χ4v) is 5.54. The van der Waals surface area contributed by atoms with Crippen molar-refractivity contribution in [1.82, 2.24) is 5.43 Å². The Morgan fingerprint density at radius 1 is 1.00 bits per heavy atom. The second-order valence-electron chi connectivity index (χ2n) is 9.01. The third-order valence-corrected chi connectivity index (χ3v) is 7.52. The van der Waals surface area contributed by atoms with Gasteiger partial charge in [0.2, 0.25) is 5.75 Å². The van der Waals surface area contributed by atoms with Crippen molar-refractivity contribution in [3.8, 4) is 17.2 Å². The molecule has 0 saturated carbocycles. The van der Waals surface area contributed by atoms with Crippen LogP contribution in [0.5, 0.6) is 17.2 Å². The monoisotopic (exact) mass is 611 g/mol. The standard InChI is InChI=1S/C27H25N5O10S/c1-4-41-27(35)23-17-6-5-7-22(17)43-26(23)28-24(33)25(34)30-29-14(2)15-8-10-20(21(12-15)40-3)42-19-11-9-16(31(36)37)13-18(19)32(38)39/h8-13H,4-7H2,1-3H3,(H,28,33)(H,30,34)/b29-14+. The number of carbonyl (C=O) groups is 3. The molecule has 0 unspecified atom stereocenters. The number of methoxy groups -OCH3 is 1. The number of fused-ring (bicyclic) bond motifs is 1. The summed E-state index contributed by atoms with van der Waals surface area (Å²) in [7, 11) is 1.33. The van der Waals surface area contributed by atoms with Crippen molar-refractivity contribution in [2.75, 3.05) is 19.0 Å². The summed E-state index contributed by atoms with van der Waals surface area (Å²) in [4.78, 5) is 59.5. The molecule has 2 aromatic carbocycles. The van der Waals surface area contributed by atoms with E-state index in [1.54, 1.807) is 13.8 Å². The van der Waals surface area contributed by atoms with Crippen LogP contribution in [-0.2, 0) is 27.2 Å². The van der Waals surface area contributed by atoms with Crippen LogP contribution >= 0.6 is 11.3 Å². The minimum absolute atomic E-state index is 0.0691. The molecule has 3 aromatic rings. The molecule has 15 nitrogen and oxygen atoms in total. The first-order chi connectivity index (χ1) is 20.5. The number of ether oxygens (including phenoxy) is 3. The maximum Gasteiger partial charge on any atom is 0.341 e. The summed E-state index contributed by atoms with van der Waals surface area (Å²) in [5, 5.41) is 29.1. The summed E-state index contributed by atoms with van der Waals surface area (Å²) in [6.45, 7) is 3.40. The van der Waals surface area contributed by atoms with E-state index >= 15 is 0 Å². The van der Waals surface area contributed by atoms with Crippen molar-refractivity contribution in [3.05, 3.63) is 78.2 Å². The van der Waals surface area contributed by atoms with Crippen molar-refractivity contribution in [2.45, 2.75) is 33.1 Å². The number of nitro benzene ring substituents is 2. The Labute approximate surface area is 247 Å². The van der Waals surface area contributed by atoms with Gasteiger partial charge in [0.15, 0.2) is 11.5 Å². The number of hydrogen-bond acceptors (Lipinski definition) is 12. The van der Waals surface area contributed by atoms with Gasteiger partial charge in [0.25, 0.3) is 5.69 Å². The molecular formula is C27H25N5O10S. The molecule has 43 heavy (non-hydrogen) atoms. The van der Waals surface area contributed by atoms with Gasteiger partial charge in [-0.1, -0.05) is 0 Å². The molecular weight excluding hydrogens is 586 g/mol. The van der Waals surface area contributed by atoms with E-state index in [9.17, 15) is 34.6 Å². The van der Waals surface area contributed by atoms with Crippen LogP contribution in [0.4, 0.5) is 16.4 Å². The van der Waals surface area contributed by atoms with E-state index in [0.717, 1.165) is 41.5 Å². The van der Waals surface area contributed by atoms with Gasteiger partial charge in [0.05, 0.1) is 40.9 Å². The van der Waals surface area contributed by atoms with Gasteiger partial charge in [-0.05, 0) is 62.9 Å². The molecule has 0 fully saturated rings. The van der Waals surface area contributed by atoms with Gasteiger partial charge in [-0.2, -0.15) is 5.10 Å². The van der Waals surface area contributed by atoms with E-state index in [0.29, 0.717) is 12.0 Å². The maximum absolute atomic E-state index is 12.6. The molecule has 1 aliphatic rings. The van der Waals surface area contributed by atoms with Crippen LogP contribution in [0, 0.1) is 20.2 Å². The number of non-ortho nitro benzene ring substituents is 1. The molecule has 2 amide bonds. The second-order valence-corrected chi connectivity index (χ2v) is 10.1. The fourth-order valence-electron chi connectivity index (χ4n) is 4.27. The highest BCUT2D eigenvalue weighted by atomic mass is 32.1. The molecule has 0 spiro atoms. The van der Waals surface area contributed by atoms with E-state index in [1.165, 1.54) is 36.6 Å². The average Bonchev–Trinajstić information content (AvgIpc) is 3.56. The van der Waals surface area contributed by atoms with Crippen LogP contribution in [0.25, 0.3) is 0 Å². The number of aryl methyl sites for hydroxylation is 1. The fraction of sp³-hybridized carbons (Fsp3) is 0.259. The summed E-state index contributed by atoms with van der Waals surface area (Å²) in [5.41, 5.74) is 2.92. The Hall–Kier alpha value is -5.38. The van der Waals surface area contributed by atoms with Crippen LogP contribution in [-0.4, -0.2) is 47.1 Å². The quantitative estimate of drug-likeness (QED) is 0.108. The minimum atomic E-state index is -1.07. The SMILES string of the molecule is CCOC(=O)c1c(NC(=O)C(=O)N/N=C(\C)c2ccc(Oc3ccc([N+](=O)[O-])cc3[N+](=O)[O-])c(OC)c2)sc2c1CCC2. The smallest absolute Gasteiger partial charge is 0.341 e. The molecule has 1 aliphatic carbocycles. The highest BCUT2D eigenvalue weighted by Gasteiger charge is 2.29. The van der Waals surface area contributed by atoms with E-state index in [2.05, 4.69) is 15.8 Å². The summed E-state index contributed by atoms with van der Waals surface area (Å²) >= 11 is 1.24. The van der Waals surface area contributed by atoms with Crippen LogP contribution in [0.2, 0.25) is 0 Å². The number of nitrogens with one attached hydrogen (secondary N) is 2. The molecule has 2 N–H and O–H groups in total. The van der Waals surface area contributed by atoms with Crippen molar-refractivity contribution in [3.63, 3.8) is 0 Å². The highest BCUT2D eigenvalue weighted by molar-refractivity contribution is 7.17. The predicted octanol–water partition coefficient (Wildman–Crippen LogP) is 4.51. The highest BCUT2D eigenvalue weighted by Crippen LogP contribution is 2.40. The van der Waals surface area contributed by atoms with Crippen LogP contribution in [0.1, 0.15) is 46.6 Å². The topological polar surface area (TPSA) is 202 Å². The van der Waals surface area contributed by atoms with Crippen molar-refractivity contribution in [2.24, 2.45) is 5.10 Å². The van der Waals surface area contributed by atoms with Gasteiger partial charge < -0.3 is 19.5 Å². The molecule has 1 aromatic heterocycles. The molecule has 0 radical (unpaired) electrons. The number of anilines is 1. The van der Waals surface area contributed by atoms with Crippen LogP contribution in [0.15, 0.2) is 41.5 Å². The van der Waals surface area contributed by atoms with E-state index in [4.69, 9.17) is 14.2 Å². The van der Waals surface area contributed by atoms with Gasteiger partial charge in [-0.3, -0.25) is 29.8 Å². The van der Waals surface area contributed by atoms with E-state index in [-0.39, 0.29) is 40.1 Å². The number of carbonyl (C=O) groups excluding carboxylic acids is 3. The largest absolute Gasteiger partial charge is 0.493 e. The van der Waals surface area contributed by atoms with Gasteiger partial charge in [0.1, 0.15) is 5.00 Å². The first-order valence-electron chi connectivity index (χ1n) is 12.8. The maximum atomic E-state index is 12.6. The average molecular weight is 612 g/mol. The second kappa shape index (κ2) is 13.1. The number of esters is 1. The molecule has 0 bridgehead atoms. The predicted molar refractivity (Wildman–Crippen MR) is 154 cm³/mol. The number of hydrogen-bond donors (Lipinski definition) is 2. The Morgan fingerprint density at radius 2 is 1.74 bits per heavy atom. The minimum Gasteiger partial charge on any atom is -0.493 e. The molecule has 0 saturated heterocycles. The van der Waals surface area contributed by atoms with Crippen LogP contribution in [0.3, 0.4) is 0 Å². The summed E-state index contributed by atoms with van der Waals surface area (Å²) in [5.74, 6) is -2.68.